The first-order chi connectivity index (χ1) is 43.2. The molecule has 0 amide bonds. The molecule has 2 N–H and O–H groups in total. The number of aryl methyl sites for hydroxylation is 1. The summed E-state index contributed by atoms with van der Waals surface area (Å²) < 4.78 is 39.3. The summed E-state index contributed by atoms with van der Waals surface area (Å²) in [6.45, 7) is 10.3. The number of hydrogen-bond acceptors (Lipinski definition) is 11. The SMILES string of the molecule is CCCCCCCCCCCCCCCCCCOC1CC(COC(=O)CCC(=O)OC2C[C@H](n3cc(C)c(=O)[nH]c3=O)O[C@@H]2CO)CC(OCCCCCCCCCCCCCCCCCC)C1OCCCCCCCCCCCCCCCCCC. The lowest BCUT2D eigenvalue weighted by Gasteiger charge is -2.41. The average molecular weight is 1240 g/mol. The summed E-state index contributed by atoms with van der Waals surface area (Å²) in [6.07, 6.45) is 63.2. The second-order valence-corrected chi connectivity index (χ2v) is 27.1. The Labute approximate surface area is 538 Å². The van der Waals surface area contributed by atoms with Crippen LogP contribution in [-0.2, 0) is 38.0 Å². The minimum atomic E-state index is -0.869. The van der Waals surface area contributed by atoms with Crippen LogP contribution in [0.4, 0.5) is 0 Å². The zero-order chi connectivity index (χ0) is 63.2. The molecular weight excluding hydrogens is 1100 g/mol. The molecule has 1 aliphatic heterocycles. The molecule has 13 heteroatoms. The van der Waals surface area contributed by atoms with Gasteiger partial charge in [-0.25, -0.2) is 4.79 Å². The molecule has 0 bridgehead atoms. The molecular formula is C75H138N2O11. The Balaban J connectivity index is 1.53. The van der Waals surface area contributed by atoms with E-state index < -0.39 is 48.2 Å². The van der Waals surface area contributed by atoms with Crippen LogP contribution in [0.5, 0.6) is 0 Å². The lowest BCUT2D eigenvalue weighted by atomic mass is 9.83. The fourth-order valence-electron chi connectivity index (χ4n) is 13.3. The highest BCUT2D eigenvalue weighted by Gasteiger charge is 2.41. The Bertz CT molecular complexity index is 1840. The zero-order valence-corrected chi connectivity index (χ0v) is 57.6. The summed E-state index contributed by atoms with van der Waals surface area (Å²) in [5.41, 5.74) is -0.819. The summed E-state index contributed by atoms with van der Waals surface area (Å²) in [5.74, 6) is -1.10. The van der Waals surface area contributed by atoms with E-state index in [1.54, 1.807) is 6.92 Å². The molecule has 1 aromatic rings. The molecule has 1 saturated carbocycles. The van der Waals surface area contributed by atoms with Crippen molar-refractivity contribution in [2.45, 2.75) is 405 Å². The first-order valence-electron chi connectivity index (χ1n) is 38.0. The number of esters is 2. The first kappa shape index (κ1) is 79.7. The predicted octanol–water partition coefficient (Wildman–Crippen LogP) is 19.7. The quantitative estimate of drug-likeness (QED) is 0.0471. The molecule has 0 radical (unpaired) electrons. The number of carbonyl (C=O) groups is 2. The molecule has 88 heavy (non-hydrogen) atoms. The fraction of sp³-hybridized carbons (Fsp3) is 0.920. The van der Waals surface area contributed by atoms with Gasteiger partial charge in [-0.1, -0.05) is 310 Å². The standard InChI is InChI=1S/C75H138N2O11/c1-5-8-11-14-17-20-23-26-29-32-35-38-41-44-47-50-55-83-67-58-65(63-86-71(79)53-54-72(80)88-66-60-70(87-69(66)62-78)77-61-64(4)74(81)76-75(77)82)59-68(84-56-51-48-45-42-39-36-33-30-27-24-21-18-15-12-9-6-2)73(67)85-57-52-49-46-43-40-37-34-31-28-25-22-19-16-13-10-7-3/h61,65-70,73,78H,5-60,62-63H2,1-4H3,(H,76,81,82)/t65?,66?,67?,68?,69-,70-,73?/m1/s1. The minimum absolute atomic E-state index is 0.00995. The van der Waals surface area contributed by atoms with E-state index in [1.165, 1.54) is 287 Å². The number of nitrogens with one attached hydrogen (secondary N) is 1. The van der Waals surface area contributed by atoms with E-state index in [0.29, 0.717) is 38.2 Å². The van der Waals surface area contributed by atoms with Crippen molar-refractivity contribution in [3.05, 3.63) is 32.6 Å². The number of rotatable bonds is 62. The van der Waals surface area contributed by atoms with Crippen molar-refractivity contribution >= 4 is 11.9 Å². The number of aromatic amines is 1. The van der Waals surface area contributed by atoms with Crippen LogP contribution in [-0.4, -0.2) is 90.2 Å². The Morgan fingerprint density at radius 1 is 0.466 bits per heavy atom. The third-order valence-corrected chi connectivity index (χ3v) is 18.9. The Morgan fingerprint density at radius 3 is 1.15 bits per heavy atom. The van der Waals surface area contributed by atoms with Gasteiger partial charge in [-0.05, 0) is 44.9 Å². The molecule has 2 fully saturated rings. The largest absolute Gasteiger partial charge is 0.465 e. The fourth-order valence-corrected chi connectivity index (χ4v) is 13.3. The van der Waals surface area contributed by atoms with Gasteiger partial charge < -0.3 is 33.5 Å². The van der Waals surface area contributed by atoms with E-state index in [-0.39, 0.29) is 50.1 Å². The highest BCUT2D eigenvalue weighted by atomic mass is 16.6. The zero-order valence-electron chi connectivity index (χ0n) is 57.6. The molecule has 2 heterocycles. The van der Waals surface area contributed by atoms with Gasteiger partial charge in [0.15, 0.2) is 0 Å². The van der Waals surface area contributed by atoms with Gasteiger partial charge in [0.05, 0.1) is 38.3 Å². The van der Waals surface area contributed by atoms with Crippen molar-refractivity contribution in [3.63, 3.8) is 0 Å². The van der Waals surface area contributed by atoms with Crippen LogP contribution < -0.4 is 11.2 Å². The number of ether oxygens (including phenoxy) is 6. The summed E-state index contributed by atoms with van der Waals surface area (Å²) in [4.78, 5) is 53.3. The van der Waals surface area contributed by atoms with Gasteiger partial charge >= 0.3 is 17.6 Å². The van der Waals surface area contributed by atoms with Gasteiger partial charge in [0, 0.05) is 38.0 Å². The molecule has 0 aromatic carbocycles. The highest BCUT2D eigenvalue weighted by Crippen LogP contribution is 2.34. The van der Waals surface area contributed by atoms with Crippen molar-refractivity contribution < 1.29 is 43.1 Å². The maximum atomic E-state index is 13.3. The number of unbranched alkanes of at least 4 members (excludes halogenated alkanes) is 45. The topological polar surface area (TPSA) is 165 Å². The number of aliphatic hydroxyl groups excluding tert-OH is 1. The Hall–Kier alpha value is -2.58. The Morgan fingerprint density at radius 2 is 0.795 bits per heavy atom. The molecule has 3 unspecified atom stereocenters. The van der Waals surface area contributed by atoms with E-state index in [4.69, 9.17) is 28.4 Å². The molecule has 1 aromatic heterocycles. The van der Waals surface area contributed by atoms with Crippen molar-refractivity contribution in [2.75, 3.05) is 33.0 Å². The minimum Gasteiger partial charge on any atom is -0.465 e. The van der Waals surface area contributed by atoms with Gasteiger partial charge in [-0.15, -0.1) is 0 Å². The van der Waals surface area contributed by atoms with Gasteiger partial charge in [-0.2, -0.15) is 0 Å². The van der Waals surface area contributed by atoms with Crippen molar-refractivity contribution in [3.8, 4) is 0 Å². The average Bonchev–Trinajstić information content (AvgIpc) is 2.06. The van der Waals surface area contributed by atoms with Gasteiger partial charge in [-0.3, -0.25) is 23.9 Å². The lowest BCUT2D eigenvalue weighted by Crippen LogP contribution is -2.50. The second kappa shape index (κ2) is 56.0. The van der Waals surface area contributed by atoms with Crippen LogP contribution in [0, 0.1) is 12.8 Å². The summed E-state index contributed by atoms with van der Waals surface area (Å²) >= 11 is 0. The van der Waals surface area contributed by atoms with Gasteiger partial charge in [0.1, 0.15) is 24.5 Å². The highest BCUT2D eigenvalue weighted by molar-refractivity contribution is 5.77. The van der Waals surface area contributed by atoms with Crippen LogP contribution in [0.2, 0.25) is 0 Å². The Kier molecular flexibility index (Phi) is 50.7. The molecule has 1 saturated heterocycles. The monoisotopic (exact) mass is 1240 g/mol. The number of carbonyl (C=O) groups excluding carboxylic acids is 2. The number of nitrogens with zero attached hydrogens (tertiary/aromatic N) is 1. The number of H-pyrrole nitrogens is 1. The smallest absolute Gasteiger partial charge is 0.330 e. The molecule has 5 atom stereocenters. The van der Waals surface area contributed by atoms with Crippen molar-refractivity contribution in [2.24, 2.45) is 5.92 Å². The van der Waals surface area contributed by atoms with Gasteiger partial charge in [0.25, 0.3) is 5.56 Å². The van der Waals surface area contributed by atoms with E-state index >= 15 is 0 Å². The summed E-state index contributed by atoms with van der Waals surface area (Å²) in [6, 6.07) is 0. The van der Waals surface area contributed by atoms with Crippen molar-refractivity contribution in [1.29, 1.82) is 0 Å². The molecule has 3 rings (SSSR count). The predicted molar refractivity (Wildman–Crippen MR) is 362 cm³/mol. The molecule has 514 valence electrons. The van der Waals surface area contributed by atoms with E-state index in [2.05, 4.69) is 25.8 Å². The van der Waals surface area contributed by atoms with Crippen LogP contribution in [0.1, 0.15) is 373 Å². The molecule has 0 spiro atoms. The lowest BCUT2D eigenvalue weighted by molar-refractivity contribution is -0.177. The first-order valence-corrected chi connectivity index (χ1v) is 38.0. The van der Waals surface area contributed by atoms with Crippen LogP contribution >= 0.6 is 0 Å². The number of aliphatic hydroxyl groups is 1. The van der Waals surface area contributed by atoms with Crippen LogP contribution in [0.15, 0.2) is 15.8 Å². The maximum Gasteiger partial charge on any atom is 0.330 e. The van der Waals surface area contributed by atoms with E-state index in [1.807, 2.05) is 0 Å². The number of aromatic nitrogens is 2. The van der Waals surface area contributed by atoms with E-state index in [9.17, 15) is 24.3 Å². The molecule has 13 nitrogen and oxygen atoms in total. The van der Waals surface area contributed by atoms with E-state index in [0.717, 1.165) is 32.1 Å². The summed E-state index contributed by atoms with van der Waals surface area (Å²) in [7, 11) is 0. The van der Waals surface area contributed by atoms with Crippen molar-refractivity contribution in [1.82, 2.24) is 9.55 Å². The third-order valence-electron chi connectivity index (χ3n) is 18.9. The second-order valence-electron chi connectivity index (χ2n) is 27.1. The summed E-state index contributed by atoms with van der Waals surface area (Å²) in [5, 5.41) is 10.0. The van der Waals surface area contributed by atoms with Gasteiger partial charge in [0.2, 0.25) is 0 Å². The van der Waals surface area contributed by atoms with Crippen LogP contribution in [0.3, 0.4) is 0 Å². The number of hydrogen-bond donors (Lipinski definition) is 2. The maximum absolute atomic E-state index is 13.3. The molecule has 2 aliphatic rings. The third kappa shape index (κ3) is 40.4. The molecule has 1 aliphatic carbocycles. The van der Waals surface area contributed by atoms with Crippen LogP contribution in [0.25, 0.3) is 0 Å². The normalized spacial score (nSPS) is 19.4.